The van der Waals surface area contributed by atoms with Gasteiger partial charge >= 0.3 is 5.97 Å². The summed E-state index contributed by atoms with van der Waals surface area (Å²) in [5.74, 6) is -2.06. The van der Waals surface area contributed by atoms with Crippen LogP contribution in [0.3, 0.4) is 0 Å². The summed E-state index contributed by atoms with van der Waals surface area (Å²) in [6, 6.07) is 6.71. The molecule has 1 aromatic heterocycles. The van der Waals surface area contributed by atoms with Crippen molar-refractivity contribution in [1.82, 2.24) is 5.32 Å². The minimum absolute atomic E-state index is 0.0197. The minimum Gasteiger partial charge on any atom is -0.507 e. The molecule has 0 spiro atoms. The third-order valence-electron chi connectivity index (χ3n) is 6.38. The zero-order valence-electron chi connectivity index (χ0n) is 24.4. The third kappa shape index (κ3) is 8.18. The summed E-state index contributed by atoms with van der Waals surface area (Å²) in [7, 11) is 2.71. The van der Waals surface area contributed by atoms with Crippen molar-refractivity contribution in [3.05, 3.63) is 57.8 Å². The SMILES string of the molecule is COC(=O)[C@H](CCCN=C(N)N)NC(=O)COc1cc(O)c2c(=O)c(O)c(-c3ccc(OC)cc3)oc2c1CC=C(C)C. The number of rotatable bonds is 13. The molecule has 3 aromatic rings. The second kappa shape index (κ2) is 14.6. The predicted molar refractivity (Wildman–Crippen MR) is 160 cm³/mol. The first-order valence-electron chi connectivity index (χ1n) is 13.3. The Morgan fingerprint density at radius 1 is 1.14 bits per heavy atom. The maximum Gasteiger partial charge on any atom is 0.328 e. The van der Waals surface area contributed by atoms with Gasteiger partial charge in [-0.1, -0.05) is 11.6 Å². The number of phenols is 1. The maximum absolute atomic E-state index is 13.2. The number of aromatic hydroxyl groups is 2. The van der Waals surface area contributed by atoms with Crippen LogP contribution in [0.1, 0.15) is 32.3 Å². The first-order chi connectivity index (χ1) is 20.5. The second-order valence-corrected chi connectivity index (χ2v) is 9.78. The maximum atomic E-state index is 13.2. The summed E-state index contributed by atoms with van der Waals surface area (Å²) in [6.07, 6.45) is 2.66. The van der Waals surface area contributed by atoms with Gasteiger partial charge < -0.3 is 45.6 Å². The lowest BCUT2D eigenvalue weighted by Crippen LogP contribution is -2.43. The van der Waals surface area contributed by atoms with Crippen LogP contribution in [0.4, 0.5) is 0 Å². The highest BCUT2D eigenvalue weighted by Crippen LogP contribution is 2.39. The molecule has 2 aromatic carbocycles. The van der Waals surface area contributed by atoms with Gasteiger partial charge in [-0.15, -0.1) is 0 Å². The van der Waals surface area contributed by atoms with Gasteiger partial charge in [0.15, 0.2) is 18.3 Å². The van der Waals surface area contributed by atoms with Crippen LogP contribution >= 0.6 is 0 Å². The van der Waals surface area contributed by atoms with Crippen LogP contribution in [0.2, 0.25) is 0 Å². The molecule has 3 rings (SSSR count). The number of methoxy groups -OCH3 is 2. The van der Waals surface area contributed by atoms with Gasteiger partial charge in [0, 0.05) is 23.7 Å². The number of fused-ring (bicyclic) bond motifs is 1. The largest absolute Gasteiger partial charge is 0.507 e. The van der Waals surface area contributed by atoms with E-state index >= 15 is 0 Å². The van der Waals surface area contributed by atoms with E-state index in [-0.39, 0.29) is 47.8 Å². The molecule has 0 fully saturated rings. The molecule has 0 radical (unpaired) electrons. The van der Waals surface area contributed by atoms with Crippen LogP contribution in [0, 0.1) is 0 Å². The standard InChI is InChI=1S/C30H36N4O9/c1-16(2)7-12-19-22(42-15-23(36)34-20(29(39)41-4)6-5-13-33-30(31)32)14-21(35)24-25(37)26(38)27(43-28(19)24)17-8-10-18(40-3)11-9-17/h7-11,14,20,35,38H,5-6,12-13,15H2,1-4H3,(H,34,36)(H4,31,32,33)/t20-/m0/s1. The molecule has 13 nitrogen and oxygen atoms in total. The fourth-order valence-corrected chi connectivity index (χ4v) is 4.21. The van der Waals surface area contributed by atoms with Crippen molar-refractivity contribution in [2.75, 3.05) is 27.4 Å². The molecule has 0 bridgehead atoms. The van der Waals surface area contributed by atoms with E-state index in [1.807, 2.05) is 19.9 Å². The van der Waals surface area contributed by atoms with E-state index in [1.165, 1.54) is 20.3 Å². The third-order valence-corrected chi connectivity index (χ3v) is 6.38. The molecule has 230 valence electrons. The van der Waals surface area contributed by atoms with Gasteiger partial charge in [-0.2, -0.15) is 0 Å². The molecule has 0 aliphatic heterocycles. The van der Waals surface area contributed by atoms with Crippen molar-refractivity contribution in [3.8, 4) is 34.3 Å². The molecular formula is C30H36N4O9. The van der Waals surface area contributed by atoms with Gasteiger partial charge in [0.1, 0.15) is 34.3 Å². The highest BCUT2D eigenvalue weighted by atomic mass is 16.5. The van der Waals surface area contributed by atoms with Gasteiger partial charge in [-0.3, -0.25) is 14.6 Å². The van der Waals surface area contributed by atoms with Gasteiger partial charge in [0.05, 0.1) is 14.2 Å². The summed E-state index contributed by atoms with van der Waals surface area (Å²) >= 11 is 0. The van der Waals surface area contributed by atoms with Crippen molar-refractivity contribution in [1.29, 1.82) is 0 Å². The normalized spacial score (nSPS) is 11.3. The van der Waals surface area contributed by atoms with Crippen LogP contribution < -0.4 is 31.7 Å². The van der Waals surface area contributed by atoms with Crippen molar-refractivity contribution in [2.45, 2.75) is 39.2 Å². The summed E-state index contributed by atoms with van der Waals surface area (Å²) in [5.41, 5.74) is 11.5. The molecule has 0 unspecified atom stereocenters. The lowest BCUT2D eigenvalue weighted by atomic mass is 10.0. The number of carbonyl (C=O) groups is 2. The molecule has 0 aliphatic carbocycles. The monoisotopic (exact) mass is 596 g/mol. The Morgan fingerprint density at radius 3 is 2.44 bits per heavy atom. The van der Waals surface area contributed by atoms with E-state index in [9.17, 15) is 24.6 Å². The average Bonchev–Trinajstić information content (AvgIpc) is 2.98. The van der Waals surface area contributed by atoms with Gasteiger partial charge in [0.25, 0.3) is 5.91 Å². The Balaban J connectivity index is 1.98. The number of hydrogen-bond donors (Lipinski definition) is 5. The number of aliphatic imine (C=N–C) groups is 1. The molecule has 13 heteroatoms. The summed E-state index contributed by atoms with van der Waals surface area (Å²) in [5, 5.41) is 23.8. The Morgan fingerprint density at radius 2 is 1.84 bits per heavy atom. The number of nitrogens with two attached hydrogens (primary N) is 2. The first-order valence-corrected chi connectivity index (χ1v) is 13.3. The number of hydrogen-bond acceptors (Lipinski definition) is 10. The van der Waals surface area contributed by atoms with E-state index < -0.39 is 41.5 Å². The fourth-order valence-electron chi connectivity index (χ4n) is 4.21. The Bertz CT molecular complexity index is 1590. The number of phenolic OH excluding ortho intramolecular Hbond substituents is 1. The van der Waals surface area contributed by atoms with E-state index in [2.05, 4.69) is 10.3 Å². The van der Waals surface area contributed by atoms with Crippen LogP contribution in [-0.2, 0) is 20.7 Å². The first kappa shape index (κ1) is 32.3. The van der Waals surface area contributed by atoms with Crippen molar-refractivity contribution >= 4 is 28.8 Å². The Hall–Kier alpha value is -5.20. The lowest BCUT2D eigenvalue weighted by Gasteiger charge is -2.18. The number of allylic oxidation sites excluding steroid dienone is 2. The number of carbonyl (C=O) groups excluding carboxylic acids is 2. The molecule has 1 atom stereocenters. The van der Waals surface area contributed by atoms with Gasteiger partial charge in [0.2, 0.25) is 11.2 Å². The predicted octanol–water partition coefficient (Wildman–Crippen LogP) is 2.48. The van der Waals surface area contributed by atoms with Crippen LogP contribution in [0.25, 0.3) is 22.3 Å². The van der Waals surface area contributed by atoms with Crippen LogP contribution in [0.15, 0.2) is 56.2 Å². The average molecular weight is 597 g/mol. The molecule has 43 heavy (non-hydrogen) atoms. The number of guanidine groups is 1. The van der Waals surface area contributed by atoms with E-state index in [4.69, 9.17) is 30.1 Å². The van der Waals surface area contributed by atoms with Crippen molar-refractivity contribution in [3.63, 3.8) is 0 Å². The smallest absolute Gasteiger partial charge is 0.328 e. The number of esters is 1. The Kier molecular flexibility index (Phi) is 11.0. The van der Waals surface area contributed by atoms with Crippen LogP contribution in [-0.4, -0.2) is 61.5 Å². The van der Waals surface area contributed by atoms with E-state index in [1.54, 1.807) is 24.3 Å². The number of nitrogens with one attached hydrogen (secondary N) is 1. The Labute approximate surface area is 247 Å². The molecule has 0 saturated carbocycles. The summed E-state index contributed by atoms with van der Waals surface area (Å²) < 4.78 is 21.8. The second-order valence-electron chi connectivity index (χ2n) is 9.78. The molecule has 1 amide bonds. The van der Waals surface area contributed by atoms with Crippen LogP contribution in [0.5, 0.6) is 23.0 Å². The summed E-state index contributed by atoms with van der Waals surface area (Å²) in [4.78, 5) is 42.1. The molecule has 1 heterocycles. The lowest BCUT2D eigenvalue weighted by molar-refractivity contribution is -0.145. The summed E-state index contributed by atoms with van der Waals surface area (Å²) in [6.45, 7) is 3.47. The molecule has 7 N–H and O–H groups in total. The number of ether oxygens (including phenoxy) is 3. The number of amides is 1. The quantitative estimate of drug-likeness (QED) is 0.0636. The molecule has 0 aliphatic rings. The van der Waals surface area contributed by atoms with E-state index in [0.717, 1.165) is 5.57 Å². The highest BCUT2D eigenvalue weighted by molar-refractivity contribution is 5.91. The fraction of sp³-hybridized carbons (Fsp3) is 0.333. The van der Waals surface area contributed by atoms with Crippen molar-refractivity contribution in [2.24, 2.45) is 16.5 Å². The number of benzene rings is 2. The highest BCUT2D eigenvalue weighted by Gasteiger charge is 2.25. The van der Waals surface area contributed by atoms with Crippen molar-refractivity contribution < 1.29 is 38.4 Å². The topological polar surface area (TPSA) is 209 Å². The van der Waals surface area contributed by atoms with Gasteiger partial charge in [-0.25, -0.2) is 4.79 Å². The zero-order chi connectivity index (χ0) is 31.7. The van der Waals surface area contributed by atoms with E-state index in [0.29, 0.717) is 23.3 Å². The zero-order valence-corrected chi connectivity index (χ0v) is 24.4. The molecule has 0 saturated heterocycles. The van der Waals surface area contributed by atoms with Gasteiger partial charge in [-0.05, 0) is 57.4 Å². The molecular weight excluding hydrogens is 560 g/mol. The number of nitrogens with zero attached hydrogens (tertiary/aromatic N) is 1. The minimum atomic E-state index is -0.974.